The second-order valence-corrected chi connectivity index (χ2v) is 6.31. The molecule has 1 fully saturated rings. The summed E-state index contributed by atoms with van der Waals surface area (Å²) in [5.74, 6) is 2.14. The standard InChI is InChI=1S/C18H28N2O4.ClH/c1-12(19)14-6-5-7-20(11-14)17(21)10-13-8-15(22-2)18(24-4)16(9-13)23-3;/h8-9,12,14H,5-7,10-11,19H2,1-4H3;1H. The van der Waals surface area contributed by atoms with Crippen LogP contribution in [0, 0.1) is 5.92 Å². The molecule has 0 bridgehead atoms. The number of hydrogen-bond donors (Lipinski definition) is 1. The molecular formula is C18H29ClN2O4. The number of likely N-dealkylation sites (tertiary alicyclic amines) is 1. The number of rotatable bonds is 6. The predicted molar refractivity (Wildman–Crippen MR) is 100 cm³/mol. The summed E-state index contributed by atoms with van der Waals surface area (Å²) in [6, 6.07) is 3.76. The van der Waals surface area contributed by atoms with Crippen molar-refractivity contribution in [2.75, 3.05) is 34.4 Å². The Labute approximate surface area is 156 Å². The van der Waals surface area contributed by atoms with Crippen LogP contribution >= 0.6 is 12.4 Å². The van der Waals surface area contributed by atoms with E-state index in [2.05, 4.69) is 0 Å². The van der Waals surface area contributed by atoms with Crippen molar-refractivity contribution in [2.45, 2.75) is 32.2 Å². The molecular weight excluding hydrogens is 344 g/mol. The maximum Gasteiger partial charge on any atom is 0.227 e. The number of ether oxygens (including phenoxy) is 3. The molecule has 0 radical (unpaired) electrons. The minimum absolute atomic E-state index is 0. The highest BCUT2D eigenvalue weighted by molar-refractivity contribution is 5.85. The summed E-state index contributed by atoms with van der Waals surface area (Å²) in [5, 5.41) is 0. The smallest absolute Gasteiger partial charge is 0.227 e. The number of benzene rings is 1. The van der Waals surface area contributed by atoms with E-state index in [-0.39, 0.29) is 24.4 Å². The fourth-order valence-corrected chi connectivity index (χ4v) is 3.19. The lowest BCUT2D eigenvalue weighted by Crippen LogP contribution is -2.45. The number of methoxy groups -OCH3 is 3. The first-order chi connectivity index (χ1) is 11.5. The van der Waals surface area contributed by atoms with Crippen LogP contribution < -0.4 is 19.9 Å². The SMILES string of the molecule is COc1cc(CC(=O)N2CCCC(C(C)N)C2)cc(OC)c1OC.Cl. The van der Waals surface area contributed by atoms with Crippen LogP contribution in [0.2, 0.25) is 0 Å². The molecule has 2 rings (SSSR count). The summed E-state index contributed by atoms with van der Waals surface area (Å²) in [6.07, 6.45) is 2.40. The largest absolute Gasteiger partial charge is 0.493 e. The third-order valence-electron chi connectivity index (χ3n) is 4.63. The zero-order chi connectivity index (χ0) is 17.7. The number of nitrogens with zero attached hydrogens (tertiary/aromatic N) is 1. The Kier molecular flexibility index (Phi) is 8.32. The minimum Gasteiger partial charge on any atom is -0.493 e. The van der Waals surface area contributed by atoms with Gasteiger partial charge in [-0.3, -0.25) is 4.79 Å². The number of carbonyl (C=O) groups excluding carboxylic acids is 1. The Hall–Kier alpha value is -1.66. The van der Waals surface area contributed by atoms with Gasteiger partial charge in [0.1, 0.15) is 0 Å². The van der Waals surface area contributed by atoms with E-state index in [1.54, 1.807) is 21.3 Å². The molecule has 25 heavy (non-hydrogen) atoms. The molecule has 0 spiro atoms. The van der Waals surface area contributed by atoms with Crippen molar-refractivity contribution < 1.29 is 19.0 Å². The third-order valence-corrected chi connectivity index (χ3v) is 4.63. The Balaban J connectivity index is 0.00000312. The number of amides is 1. The molecule has 1 aromatic carbocycles. The maximum atomic E-state index is 12.7. The topological polar surface area (TPSA) is 74.0 Å². The molecule has 7 heteroatoms. The van der Waals surface area contributed by atoms with E-state index < -0.39 is 0 Å². The molecule has 142 valence electrons. The van der Waals surface area contributed by atoms with Crippen LogP contribution in [0.5, 0.6) is 17.2 Å². The summed E-state index contributed by atoms with van der Waals surface area (Å²) < 4.78 is 16.0. The van der Waals surface area contributed by atoms with E-state index in [9.17, 15) is 4.79 Å². The van der Waals surface area contributed by atoms with Crippen molar-refractivity contribution >= 4 is 18.3 Å². The van der Waals surface area contributed by atoms with E-state index in [4.69, 9.17) is 19.9 Å². The van der Waals surface area contributed by atoms with Crippen LogP contribution in [0.3, 0.4) is 0 Å². The van der Waals surface area contributed by atoms with E-state index in [1.165, 1.54) is 0 Å². The van der Waals surface area contributed by atoms with Gasteiger partial charge in [0.25, 0.3) is 0 Å². The van der Waals surface area contributed by atoms with Crippen molar-refractivity contribution in [3.05, 3.63) is 17.7 Å². The van der Waals surface area contributed by atoms with Gasteiger partial charge >= 0.3 is 0 Å². The minimum atomic E-state index is 0. The molecule has 2 atom stereocenters. The van der Waals surface area contributed by atoms with Gasteiger partial charge in [-0.2, -0.15) is 0 Å². The highest BCUT2D eigenvalue weighted by Crippen LogP contribution is 2.38. The fourth-order valence-electron chi connectivity index (χ4n) is 3.19. The highest BCUT2D eigenvalue weighted by atomic mass is 35.5. The Morgan fingerprint density at radius 3 is 2.32 bits per heavy atom. The maximum absolute atomic E-state index is 12.7. The molecule has 1 aliphatic heterocycles. The Morgan fingerprint density at radius 1 is 1.24 bits per heavy atom. The first-order valence-electron chi connectivity index (χ1n) is 8.32. The monoisotopic (exact) mass is 372 g/mol. The summed E-state index contributed by atoms with van der Waals surface area (Å²) in [5.41, 5.74) is 6.85. The zero-order valence-corrected chi connectivity index (χ0v) is 16.2. The van der Waals surface area contributed by atoms with Crippen molar-refractivity contribution in [3.8, 4) is 17.2 Å². The molecule has 1 aromatic rings. The molecule has 0 aliphatic carbocycles. The van der Waals surface area contributed by atoms with E-state index >= 15 is 0 Å². The van der Waals surface area contributed by atoms with Crippen LogP contribution in [0.25, 0.3) is 0 Å². The van der Waals surface area contributed by atoms with E-state index in [0.717, 1.165) is 31.5 Å². The Morgan fingerprint density at radius 2 is 1.84 bits per heavy atom. The average molecular weight is 373 g/mol. The van der Waals surface area contributed by atoms with Crippen LogP contribution in [-0.4, -0.2) is 51.3 Å². The van der Waals surface area contributed by atoms with E-state index in [0.29, 0.717) is 29.6 Å². The van der Waals surface area contributed by atoms with Crippen molar-refractivity contribution in [1.29, 1.82) is 0 Å². The molecule has 0 saturated carbocycles. The van der Waals surface area contributed by atoms with Gasteiger partial charge in [-0.05, 0) is 43.4 Å². The lowest BCUT2D eigenvalue weighted by molar-refractivity contribution is -0.132. The van der Waals surface area contributed by atoms with Gasteiger partial charge in [-0.25, -0.2) is 0 Å². The second-order valence-electron chi connectivity index (χ2n) is 6.31. The van der Waals surface area contributed by atoms with Crippen molar-refractivity contribution in [3.63, 3.8) is 0 Å². The van der Waals surface area contributed by atoms with Crippen LogP contribution in [-0.2, 0) is 11.2 Å². The van der Waals surface area contributed by atoms with E-state index in [1.807, 2.05) is 24.0 Å². The lowest BCUT2D eigenvalue weighted by atomic mass is 9.92. The molecule has 2 N–H and O–H groups in total. The van der Waals surface area contributed by atoms with Gasteiger partial charge in [0.05, 0.1) is 27.8 Å². The predicted octanol–water partition coefficient (Wildman–Crippen LogP) is 2.26. The number of piperidine rings is 1. The molecule has 0 aromatic heterocycles. The highest BCUT2D eigenvalue weighted by Gasteiger charge is 2.26. The molecule has 1 heterocycles. The van der Waals surface area contributed by atoms with Crippen molar-refractivity contribution in [2.24, 2.45) is 11.7 Å². The Bertz CT molecular complexity index is 555. The fraction of sp³-hybridized carbons (Fsp3) is 0.611. The van der Waals surface area contributed by atoms with Gasteiger partial charge < -0.3 is 24.8 Å². The molecule has 2 unspecified atom stereocenters. The summed E-state index contributed by atoms with van der Waals surface area (Å²) in [4.78, 5) is 14.6. The first-order valence-corrected chi connectivity index (χ1v) is 8.32. The number of nitrogens with two attached hydrogens (primary N) is 1. The molecule has 1 aliphatic rings. The quantitative estimate of drug-likeness (QED) is 0.829. The second kappa shape index (κ2) is 9.73. The molecule has 1 saturated heterocycles. The number of carbonyl (C=O) groups is 1. The van der Waals surface area contributed by atoms with Crippen LogP contribution in [0.15, 0.2) is 12.1 Å². The van der Waals surface area contributed by atoms with Gasteiger partial charge in [0.15, 0.2) is 11.5 Å². The first kappa shape index (κ1) is 21.4. The number of hydrogen-bond acceptors (Lipinski definition) is 5. The summed E-state index contributed by atoms with van der Waals surface area (Å²) in [7, 11) is 4.70. The van der Waals surface area contributed by atoms with Crippen LogP contribution in [0.1, 0.15) is 25.3 Å². The van der Waals surface area contributed by atoms with Crippen molar-refractivity contribution in [1.82, 2.24) is 4.90 Å². The zero-order valence-electron chi connectivity index (χ0n) is 15.4. The van der Waals surface area contributed by atoms with Gasteiger partial charge in [0, 0.05) is 19.1 Å². The third kappa shape index (κ3) is 5.16. The van der Waals surface area contributed by atoms with Gasteiger partial charge in [-0.1, -0.05) is 0 Å². The lowest BCUT2D eigenvalue weighted by Gasteiger charge is -2.34. The summed E-state index contributed by atoms with van der Waals surface area (Å²) in [6.45, 7) is 3.55. The molecule has 1 amide bonds. The normalized spacial score (nSPS) is 18.1. The molecule has 6 nitrogen and oxygen atoms in total. The number of halogens is 1. The average Bonchev–Trinajstić information content (AvgIpc) is 2.60. The van der Waals surface area contributed by atoms with Gasteiger partial charge in [-0.15, -0.1) is 12.4 Å². The van der Waals surface area contributed by atoms with Crippen LogP contribution in [0.4, 0.5) is 0 Å². The van der Waals surface area contributed by atoms with Gasteiger partial charge in [0.2, 0.25) is 11.7 Å². The summed E-state index contributed by atoms with van der Waals surface area (Å²) >= 11 is 0.